The Balaban J connectivity index is 1.45. The van der Waals surface area contributed by atoms with Crippen molar-refractivity contribution in [2.24, 2.45) is 0 Å². The second-order valence-electron chi connectivity index (χ2n) is 6.39. The van der Waals surface area contributed by atoms with Gasteiger partial charge in [0.25, 0.3) is 0 Å². The summed E-state index contributed by atoms with van der Waals surface area (Å²) in [5, 5.41) is 15.4. The van der Waals surface area contributed by atoms with Gasteiger partial charge in [-0.05, 0) is 29.8 Å². The van der Waals surface area contributed by atoms with Crippen molar-refractivity contribution in [3.8, 4) is 0 Å². The molecule has 28 heavy (non-hydrogen) atoms. The molecule has 1 aliphatic heterocycles. The Morgan fingerprint density at radius 1 is 1.04 bits per heavy atom. The van der Waals surface area contributed by atoms with Crippen LogP contribution in [0.2, 0.25) is 5.02 Å². The number of nitrogens with zero attached hydrogens (tertiary/aromatic N) is 4. The molecule has 0 saturated carbocycles. The smallest absolute Gasteiger partial charge is 0.244 e. The number of anilines is 4. The third-order valence-corrected chi connectivity index (χ3v) is 4.69. The summed E-state index contributed by atoms with van der Waals surface area (Å²) in [7, 11) is 0. The molecule has 3 aromatic rings. The van der Waals surface area contributed by atoms with Crippen LogP contribution in [0, 0.1) is 0 Å². The molecule has 0 unspecified atom stereocenters. The van der Waals surface area contributed by atoms with E-state index in [-0.39, 0.29) is 0 Å². The quantitative estimate of drug-likeness (QED) is 0.657. The zero-order chi connectivity index (χ0) is 19.2. The number of morpholine rings is 1. The average molecular weight is 397 g/mol. The summed E-state index contributed by atoms with van der Waals surface area (Å²) in [5.74, 6) is 1.10. The van der Waals surface area contributed by atoms with Gasteiger partial charge in [0.1, 0.15) is 0 Å². The fraction of sp³-hybridized carbons (Fsp3) is 0.250. The molecule has 1 fully saturated rings. The lowest BCUT2D eigenvalue weighted by molar-refractivity contribution is 0.123. The fourth-order valence-corrected chi connectivity index (χ4v) is 3.15. The second kappa shape index (κ2) is 8.86. The Morgan fingerprint density at radius 3 is 2.64 bits per heavy atom. The van der Waals surface area contributed by atoms with E-state index < -0.39 is 0 Å². The lowest BCUT2D eigenvalue weighted by atomic mass is 10.2. The molecule has 0 atom stereocenters. The first-order valence-electron chi connectivity index (χ1n) is 9.15. The monoisotopic (exact) mass is 396 g/mol. The van der Waals surface area contributed by atoms with Gasteiger partial charge in [-0.15, -0.1) is 5.10 Å². The van der Waals surface area contributed by atoms with Crippen LogP contribution in [0.15, 0.2) is 54.7 Å². The summed E-state index contributed by atoms with van der Waals surface area (Å²) in [6, 6.07) is 15.8. The summed E-state index contributed by atoms with van der Waals surface area (Å²) in [6.45, 7) is 3.81. The van der Waals surface area contributed by atoms with Gasteiger partial charge in [0.05, 0.1) is 30.8 Å². The number of para-hydroxylation sites is 2. The van der Waals surface area contributed by atoms with Gasteiger partial charge in [-0.2, -0.15) is 10.1 Å². The van der Waals surface area contributed by atoms with Crippen LogP contribution in [0.1, 0.15) is 5.56 Å². The van der Waals surface area contributed by atoms with Crippen LogP contribution in [-0.4, -0.2) is 41.5 Å². The zero-order valence-electron chi connectivity index (χ0n) is 15.3. The molecule has 2 N–H and O–H groups in total. The van der Waals surface area contributed by atoms with Crippen LogP contribution in [0.5, 0.6) is 0 Å². The summed E-state index contributed by atoms with van der Waals surface area (Å²) >= 11 is 5.92. The highest BCUT2D eigenvalue weighted by atomic mass is 35.5. The minimum Gasteiger partial charge on any atom is -0.378 e. The molecule has 1 saturated heterocycles. The molecule has 0 amide bonds. The molecule has 144 valence electrons. The van der Waals surface area contributed by atoms with Crippen molar-refractivity contribution in [3.05, 3.63) is 65.3 Å². The summed E-state index contributed by atoms with van der Waals surface area (Å²) < 4.78 is 5.46. The van der Waals surface area contributed by atoms with Crippen LogP contribution in [-0.2, 0) is 11.3 Å². The van der Waals surface area contributed by atoms with E-state index in [2.05, 4.69) is 36.8 Å². The Hall–Kier alpha value is -2.90. The second-order valence-corrected chi connectivity index (χ2v) is 6.82. The van der Waals surface area contributed by atoms with Crippen LogP contribution >= 0.6 is 11.6 Å². The van der Waals surface area contributed by atoms with Crippen molar-refractivity contribution >= 4 is 34.7 Å². The van der Waals surface area contributed by atoms with E-state index >= 15 is 0 Å². The largest absolute Gasteiger partial charge is 0.378 e. The predicted molar refractivity (Wildman–Crippen MR) is 111 cm³/mol. The van der Waals surface area contributed by atoms with Gasteiger partial charge in [0.2, 0.25) is 5.95 Å². The molecule has 1 aromatic heterocycles. The van der Waals surface area contributed by atoms with Gasteiger partial charge in [-0.3, -0.25) is 0 Å². The first kappa shape index (κ1) is 18.5. The van der Waals surface area contributed by atoms with Crippen molar-refractivity contribution in [2.75, 3.05) is 41.8 Å². The molecule has 1 aliphatic rings. The van der Waals surface area contributed by atoms with Gasteiger partial charge in [-0.25, -0.2) is 0 Å². The molecular formula is C20H21ClN6O. The summed E-state index contributed by atoms with van der Waals surface area (Å²) in [5.41, 5.74) is 3.19. The van der Waals surface area contributed by atoms with Crippen molar-refractivity contribution in [3.63, 3.8) is 0 Å². The van der Waals surface area contributed by atoms with Gasteiger partial charge >= 0.3 is 0 Å². The third kappa shape index (κ3) is 4.68. The number of hydrogen-bond acceptors (Lipinski definition) is 7. The number of nitrogens with one attached hydrogen (secondary N) is 2. The zero-order valence-corrected chi connectivity index (χ0v) is 16.1. The molecule has 4 rings (SSSR count). The minimum absolute atomic E-state index is 0.462. The molecule has 0 aliphatic carbocycles. The summed E-state index contributed by atoms with van der Waals surface area (Å²) in [4.78, 5) is 6.83. The Kier molecular flexibility index (Phi) is 5.84. The lowest BCUT2D eigenvalue weighted by Crippen LogP contribution is -2.36. The van der Waals surface area contributed by atoms with Crippen molar-refractivity contribution in [2.45, 2.75) is 6.54 Å². The van der Waals surface area contributed by atoms with Gasteiger partial charge in [0.15, 0.2) is 5.82 Å². The fourth-order valence-electron chi connectivity index (χ4n) is 3.02. The topological polar surface area (TPSA) is 75.2 Å². The van der Waals surface area contributed by atoms with E-state index in [1.807, 2.05) is 42.5 Å². The van der Waals surface area contributed by atoms with Gasteiger partial charge in [0, 0.05) is 24.7 Å². The maximum atomic E-state index is 5.92. The molecule has 2 aromatic carbocycles. The number of rotatable bonds is 6. The van der Waals surface area contributed by atoms with Crippen LogP contribution in [0.3, 0.4) is 0 Å². The molecule has 0 radical (unpaired) electrons. The number of ether oxygens (including phenoxy) is 1. The van der Waals surface area contributed by atoms with E-state index in [1.54, 1.807) is 6.20 Å². The third-order valence-electron chi connectivity index (χ3n) is 4.44. The lowest BCUT2D eigenvalue weighted by Gasteiger charge is -2.30. The number of halogens is 1. The number of aromatic nitrogens is 3. The SMILES string of the molecule is Clc1ccc(CNc2nncc(Nc3ccccc3N3CCOCC3)n2)cc1. The van der Waals surface area contributed by atoms with Crippen LogP contribution in [0.4, 0.5) is 23.1 Å². The Labute approximate surface area is 168 Å². The molecule has 0 bridgehead atoms. The highest BCUT2D eigenvalue weighted by Crippen LogP contribution is 2.28. The minimum atomic E-state index is 0.462. The average Bonchev–Trinajstić information content (AvgIpc) is 2.75. The highest BCUT2D eigenvalue weighted by Gasteiger charge is 2.15. The molecule has 2 heterocycles. The molecule has 0 spiro atoms. The van der Waals surface area contributed by atoms with Crippen LogP contribution < -0.4 is 15.5 Å². The standard InChI is InChI=1S/C20H21ClN6O/c21-16-7-5-15(6-8-16)13-22-20-25-19(14-23-26-20)24-17-3-1-2-4-18(17)27-9-11-28-12-10-27/h1-8,14H,9-13H2,(H2,22,24,25,26). The number of hydrogen-bond donors (Lipinski definition) is 2. The maximum Gasteiger partial charge on any atom is 0.244 e. The van der Waals surface area contributed by atoms with Crippen molar-refractivity contribution in [1.29, 1.82) is 0 Å². The summed E-state index contributed by atoms with van der Waals surface area (Å²) in [6.07, 6.45) is 1.61. The van der Waals surface area contributed by atoms with Gasteiger partial charge in [-0.1, -0.05) is 35.9 Å². The Bertz CT molecular complexity index is 915. The first-order chi connectivity index (χ1) is 13.8. The first-order valence-corrected chi connectivity index (χ1v) is 9.52. The van der Waals surface area contributed by atoms with Crippen LogP contribution in [0.25, 0.3) is 0 Å². The van der Waals surface area contributed by atoms with Crippen molar-refractivity contribution < 1.29 is 4.74 Å². The van der Waals surface area contributed by atoms with Gasteiger partial charge < -0.3 is 20.3 Å². The Morgan fingerprint density at radius 2 is 1.82 bits per heavy atom. The van der Waals surface area contributed by atoms with Crippen molar-refractivity contribution in [1.82, 2.24) is 15.2 Å². The van der Waals surface area contributed by atoms with E-state index in [1.165, 1.54) is 0 Å². The highest BCUT2D eigenvalue weighted by molar-refractivity contribution is 6.30. The van der Waals surface area contributed by atoms with E-state index in [0.717, 1.165) is 43.2 Å². The molecule has 8 heteroatoms. The molecular weight excluding hydrogens is 376 g/mol. The molecule has 7 nitrogen and oxygen atoms in total. The van der Waals surface area contributed by atoms with E-state index in [9.17, 15) is 0 Å². The normalized spacial score (nSPS) is 14.0. The predicted octanol–water partition coefficient (Wildman–Crippen LogP) is 3.72. The van der Waals surface area contributed by atoms with E-state index in [0.29, 0.717) is 23.3 Å². The number of benzene rings is 2. The van der Waals surface area contributed by atoms with E-state index in [4.69, 9.17) is 16.3 Å². The maximum absolute atomic E-state index is 5.92.